The number of ether oxygens (including phenoxy) is 1. The van der Waals surface area contributed by atoms with E-state index in [-0.39, 0.29) is 12.5 Å². The number of benzene rings is 1. The van der Waals surface area contributed by atoms with Gasteiger partial charge in [0, 0.05) is 16.6 Å². The van der Waals surface area contributed by atoms with E-state index in [1.807, 2.05) is 6.07 Å². The summed E-state index contributed by atoms with van der Waals surface area (Å²) in [7, 11) is 0. The van der Waals surface area contributed by atoms with E-state index in [2.05, 4.69) is 12.2 Å². The highest BCUT2D eigenvalue weighted by Crippen LogP contribution is 2.36. The molecular formula is C10H12N2O2S. The number of rotatable bonds is 2. The van der Waals surface area contributed by atoms with Crippen LogP contribution in [0.4, 0.5) is 11.4 Å². The monoisotopic (exact) mass is 224 g/mol. The lowest BCUT2D eigenvalue weighted by Gasteiger charge is -2.19. The summed E-state index contributed by atoms with van der Waals surface area (Å²) in [5, 5.41) is 2.75. The summed E-state index contributed by atoms with van der Waals surface area (Å²) < 4.78 is 5.25. The second-order valence-corrected chi connectivity index (χ2v) is 4.46. The predicted octanol–water partition coefficient (Wildman–Crippen LogP) is 1.71. The second-order valence-electron chi connectivity index (χ2n) is 3.16. The number of nitrogens with one attached hydrogen (secondary N) is 1. The Bertz CT molecular complexity index is 407. The fourth-order valence-electron chi connectivity index (χ4n) is 1.40. The van der Waals surface area contributed by atoms with E-state index in [0.29, 0.717) is 17.1 Å². The van der Waals surface area contributed by atoms with Crippen molar-refractivity contribution in [3.05, 3.63) is 12.1 Å². The van der Waals surface area contributed by atoms with Crippen LogP contribution in [0, 0.1) is 0 Å². The summed E-state index contributed by atoms with van der Waals surface area (Å²) in [6.45, 7) is 2.12. The van der Waals surface area contributed by atoms with E-state index in [9.17, 15) is 4.79 Å². The van der Waals surface area contributed by atoms with Crippen molar-refractivity contribution in [2.75, 3.05) is 23.4 Å². The van der Waals surface area contributed by atoms with Crippen molar-refractivity contribution in [3.8, 4) is 5.75 Å². The van der Waals surface area contributed by atoms with Crippen molar-refractivity contribution < 1.29 is 9.53 Å². The number of amides is 1. The van der Waals surface area contributed by atoms with Crippen LogP contribution in [0.5, 0.6) is 5.75 Å². The Labute approximate surface area is 92.2 Å². The number of fused-ring (bicyclic) bond motifs is 1. The van der Waals surface area contributed by atoms with Gasteiger partial charge in [0.1, 0.15) is 5.75 Å². The maximum atomic E-state index is 11.1. The molecule has 0 radical (unpaired) electrons. The van der Waals surface area contributed by atoms with E-state index in [1.54, 1.807) is 17.8 Å². The first-order valence-corrected chi connectivity index (χ1v) is 5.68. The van der Waals surface area contributed by atoms with E-state index >= 15 is 0 Å². The molecule has 15 heavy (non-hydrogen) atoms. The first-order valence-electron chi connectivity index (χ1n) is 4.69. The minimum Gasteiger partial charge on any atom is -0.482 e. The zero-order valence-electron chi connectivity index (χ0n) is 8.37. The number of anilines is 2. The van der Waals surface area contributed by atoms with E-state index in [4.69, 9.17) is 10.5 Å². The molecule has 0 spiro atoms. The third-order valence-corrected chi connectivity index (χ3v) is 3.00. The van der Waals surface area contributed by atoms with Crippen molar-refractivity contribution >= 4 is 29.0 Å². The van der Waals surface area contributed by atoms with Crippen LogP contribution in [0.25, 0.3) is 0 Å². The van der Waals surface area contributed by atoms with E-state index in [0.717, 1.165) is 10.6 Å². The molecule has 1 amide bonds. The average Bonchev–Trinajstić information content (AvgIpc) is 2.20. The van der Waals surface area contributed by atoms with Crippen molar-refractivity contribution in [2.45, 2.75) is 11.8 Å². The molecule has 0 unspecified atom stereocenters. The van der Waals surface area contributed by atoms with Crippen molar-refractivity contribution in [3.63, 3.8) is 0 Å². The molecule has 1 aliphatic heterocycles. The van der Waals surface area contributed by atoms with Crippen LogP contribution in [0.3, 0.4) is 0 Å². The molecule has 4 nitrogen and oxygen atoms in total. The van der Waals surface area contributed by atoms with Crippen molar-refractivity contribution in [1.29, 1.82) is 0 Å². The minimum absolute atomic E-state index is 0.0622. The van der Waals surface area contributed by atoms with Crippen LogP contribution < -0.4 is 15.8 Å². The van der Waals surface area contributed by atoms with Crippen LogP contribution in [-0.2, 0) is 4.79 Å². The van der Waals surface area contributed by atoms with Gasteiger partial charge < -0.3 is 15.8 Å². The zero-order valence-corrected chi connectivity index (χ0v) is 9.19. The van der Waals surface area contributed by atoms with Crippen LogP contribution in [0.15, 0.2) is 17.0 Å². The Balaban J connectivity index is 2.38. The SMILES string of the molecule is CCSc1cc2c(cc1N)OCC(=O)N2. The summed E-state index contributed by atoms with van der Waals surface area (Å²) in [6.07, 6.45) is 0. The molecule has 80 valence electrons. The lowest BCUT2D eigenvalue weighted by Crippen LogP contribution is -2.25. The fourth-order valence-corrected chi connectivity index (χ4v) is 2.14. The predicted molar refractivity (Wildman–Crippen MR) is 61.4 cm³/mol. The average molecular weight is 224 g/mol. The van der Waals surface area contributed by atoms with Gasteiger partial charge in [-0.1, -0.05) is 6.92 Å². The molecule has 0 aromatic heterocycles. The van der Waals surface area contributed by atoms with Gasteiger partial charge in [0.2, 0.25) is 0 Å². The van der Waals surface area contributed by atoms with Gasteiger partial charge >= 0.3 is 0 Å². The highest BCUT2D eigenvalue weighted by atomic mass is 32.2. The number of nitrogens with two attached hydrogens (primary N) is 1. The Morgan fingerprint density at radius 1 is 1.60 bits per heavy atom. The minimum atomic E-state index is -0.125. The van der Waals surface area contributed by atoms with Gasteiger partial charge in [-0.15, -0.1) is 11.8 Å². The normalized spacial score (nSPS) is 14.1. The maximum Gasteiger partial charge on any atom is 0.262 e. The molecule has 0 fully saturated rings. The fraction of sp³-hybridized carbons (Fsp3) is 0.300. The van der Waals surface area contributed by atoms with Gasteiger partial charge in [-0.25, -0.2) is 0 Å². The zero-order chi connectivity index (χ0) is 10.8. The summed E-state index contributed by atoms with van der Waals surface area (Å²) in [5.41, 5.74) is 7.25. The van der Waals surface area contributed by atoms with Gasteiger partial charge in [-0.3, -0.25) is 4.79 Å². The first kappa shape index (κ1) is 10.2. The number of carbonyl (C=O) groups excluding carboxylic acids is 1. The third kappa shape index (κ3) is 2.02. The smallest absolute Gasteiger partial charge is 0.262 e. The summed E-state index contributed by atoms with van der Waals surface area (Å²) >= 11 is 1.64. The molecule has 0 aliphatic carbocycles. The van der Waals surface area contributed by atoms with Gasteiger partial charge in [-0.05, 0) is 11.8 Å². The number of hydrogen-bond acceptors (Lipinski definition) is 4. The molecule has 0 bridgehead atoms. The second kappa shape index (κ2) is 4.02. The topological polar surface area (TPSA) is 64.3 Å². The number of nitrogen functional groups attached to an aromatic ring is 1. The molecular weight excluding hydrogens is 212 g/mol. The lowest BCUT2D eigenvalue weighted by molar-refractivity contribution is -0.118. The molecule has 5 heteroatoms. The quantitative estimate of drug-likeness (QED) is 0.593. The summed E-state index contributed by atoms with van der Waals surface area (Å²) in [4.78, 5) is 12.1. The molecule has 1 heterocycles. The Hall–Kier alpha value is -1.36. The number of carbonyl (C=O) groups is 1. The maximum absolute atomic E-state index is 11.1. The van der Waals surface area contributed by atoms with Crippen LogP contribution >= 0.6 is 11.8 Å². The largest absolute Gasteiger partial charge is 0.482 e. The number of hydrogen-bond donors (Lipinski definition) is 2. The third-order valence-electron chi connectivity index (χ3n) is 2.04. The molecule has 0 saturated carbocycles. The molecule has 1 aromatic carbocycles. The van der Waals surface area contributed by atoms with Gasteiger partial charge in [0.15, 0.2) is 6.61 Å². The van der Waals surface area contributed by atoms with Crippen LogP contribution in [0.1, 0.15) is 6.92 Å². The van der Waals surface area contributed by atoms with Crippen LogP contribution in [0.2, 0.25) is 0 Å². The van der Waals surface area contributed by atoms with Crippen molar-refractivity contribution in [2.24, 2.45) is 0 Å². The highest BCUT2D eigenvalue weighted by molar-refractivity contribution is 7.99. The van der Waals surface area contributed by atoms with E-state index in [1.165, 1.54) is 0 Å². The first-order chi connectivity index (χ1) is 7.20. The molecule has 2 rings (SSSR count). The standard InChI is InChI=1S/C10H12N2O2S/c1-2-15-9-4-7-8(3-6(9)11)14-5-10(13)12-7/h3-4H,2,5,11H2,1H3,(H,12,13). The molecule has 1 aliphatic rings. The molecule has 1 aromatic rings. The summed E-state index contributed by atoms with van der Waals surface area (Å²) in [6, 6.07) is 3.61. The van der Waals surface area contributed by atoms with E-state index < -0.39 is 0 Å². The van der Waals surface area contributed by atoms with Crippen LogP contribution in [-0.4, -0.2) is 18.3 Å². The molecule has 3 N–H and O–H groups in total. The highest BCUT2D eigenvalue weighted by Gasteiger charge is 2.17. The van der Waals surface area contributed by atoms with Crippen molar-refractivity contribution in [1.82, 2.24) is 0 Å². The molecule has 0 atom stereocenters. The lowest BCUT2D eigenvalue weighted by atomic mass is 10.2. The van der Waals surface area contributed by atoms with Gasteiger partial charge in [0.05, 0.1) is 5.69 Å². The number of thioether (sulfide) groups is 1. The Morgan fingerprint density at radius 3 is 3.13 bits per heavy atom. The molecule has 0 saturated heterocycles. The van der Waals surface area contributed by atoms with Gasteiger partial charge in [0.25, 0.3) is 5.91 Å². The Kier molecular flexibility index (Phi) is 2.73. The van der Waals surface area contributed by atoms with Gasteiger partial charge in [-0.2, -0.15) is 0 Å². The Morgan fingerprint density at radius 2 is 2.40 bits per heavy atom. The summed E-state index contributed by atoms with van der Waals surface area (Å²) in [5.74, 6) is 1.46.